The second-order valence-corrected chi connectivity index (χ2v) is 11.7. The van der Waals surface area contributed by atoms with E-state index >= 15 is 0 Å². The van der Waals surface area contributed by atoms with E-state index in [4.69, 9.17) is 25.8 Å². The third-order valence-corrected chi connectivity index (χ3v) is 8.50. The molecule has 2 amide bonds. The summed E-state index contributed by atoms with van der Waals surface area (Å²) in [5, 5.41) is 0.658. The molecule has 1 heterocycles. The first kappa shape index (κ1) is 27.3. The molecule has 2 aliphatic rings. The van der Waals surface area contributed by atoms with Gasteiger partial charge < -0.3 is 14.2 Å². The van der Waals surface area contributed by atoms with Crippen molar-refractivity contribution in [3.63, 3.8) is 0 Å². The summed E-state index contributed by atoms with van der Waals surface area (Å²) in [5.41, 5.74) is 0.819. The van der Waals surface area contributed by atoms with Crippen molar-refractivity contribution in [2.24, 2.45) is 11.3 Å². The second kappa shape index (κ2) is 10.2. The molecule has 0 bridgehead atoms. The topological polar surface area (TPSA) is 65.1 Å². The lowest BCUT2D eigenvalue weighted by molar-refractivity contribution is -0.138. The highest BCUT2D eigenvalue weighted by Crippen LogP contribution is 2.62. The summed E-state index contributed by atoms with van der Waals surface area (Å²) in [6.45, 7) is 9.51. The molecule has 1 aliphatic heterocycles. The SMILES string of the molecule is CC[C@@]12CC[C@@H](c3ccc(OC)cc3OC)[C@H](c3ccc(Cl)cc3)[C@@H]1[C@@H](C)N(C(=O)OC(C)(C)C)C2=O. The Kier molecular flexibility index (Phi) is 7.53. The Hall–Kier alpha value is -2.73. The smallest absolute Gasteiger partial charge is 0.417 e. The molecule has 1 aliphatic carbocycles. The number of methoxy groups -OCH3 is 2. The van der Waals surface area contributed by atoms with Crippen LogP contribution in [0.5, 0.6) is 11.5 Å². The average Bonchev–Trinajstić information content (AvgIpc) is 3.09. The Morgan fingerprint density at radius 3 is 2.35 bits per heavy atom. The third-order valence-electron chi connectivity index (χ3n) is 8.25. The van der Waals surface area contributed by atoms with Crippen molar-refractivity contribution in [1.82, 2.24) is 4.90 Å². The molecule has 1 saturated carbocycles. The van der Waals surface area contributed by atoms with Gasteiger partial charge in [-0.1, -0.05) is 36.7 Å². The first-order valence-electron chi connectivity index (χ1n) is 13.0. The number of carbonyl (C=O) groups is 2. The van der Waals surface area contributed by atoms with Crippen molar-refractivity contribution in [1.29, 1.82) is 0 Å². The van der Waals surface area contributed by atoms with Gasteiger partial charge in [0.1, 0.15) is 17.1 Å². The molecule has 2 aromatic rings. The van der Waals surface area contributed by atoms with E-state index in [2.05, 4.69) is 25.1 Å². The first-order valence-corrected chi connectivity index (χ1v) is 13.4. The van der Waals surface area contributed by atoms with E-state index in [0.717, 1.165) is 29.0 Å². The summed E-state index contributed by atoms with van der Waals surface area (Å²) in [4.78, 5) is 28.8. The van der Waals surface area contributed by atoms with Crippen LogP contribution in [0.4, 0.5) is 4.79 Å². The Balaban J connectivity index is 1.87. The van der Waals surface area contributed by atoms with Gasteiger partial charge in [-0.25, -0.2) is 9.69 Å². The van der Waals surface area contributed by atoms with E-state index in [9.17, 15) is 9.59 Å². The monoisotopic (exact) mass is 527 g/mol. The fourth-order valence-corrected chi connectivity index (χ4v) is 6.80. The molecule has 200 valence electrons. The lowest BCUT2D eigenvalue weighted by atomic mass is 9.54. The van der Waals surface area contributed by atoms with E-state index in [1.54, 1.807) is 14.2 Å². The molecule has 2 fully saturated rings. The van der Waals surface area contributed by atoms with Crippen molar-refractivity contribution in [2.75, 3.05) is 14.2 Å². The minimum absolute atomic E-state index is 0.0420. The van der Waals surface area contributed by atoms with Crippen molar-refractivity contribution in [3.05, 3.63) is 58.6 Å². The van der Waals surface area contributed by atoms with E-state index < -0.39 is 17.1 Å². The highest BCUT2D eigenvalue weighted by atomic mass is 35.5. The number of ether oxygens (including phenoxy) is 3. The number of rotatable bonds is 5. The maximum absolute atomic E-state index is 14.1. The van der Waals surface area contributed by atoms with Crippen LogP contribution in [0.2, 0.25) is 5.02 Å². The number of carbonyl (C=O) groups excluding carboxylic acids is 2. The van der Waals surface area contributed by atoms with Crippen molar-refractivity contribution in [2.45, 2.75) is 77.4 Å². The predicted octanol–water partition coefficient (Wildman–Crippen LogP) is 7.20. The lowest BCUT2D eigenvalue weighted by Gasteiger charge is -2.47. The second-order valence-electron chi connectivity index (χ2n) is 11.3. The van der Waals surface area contributed by atoms with E-state index in [1.165, 1.54) is 4.90 Å². The van der Waals surface area contributed by atoms with Gasteiger partial charge in [-0.15, -0.1) is 0 Å². The number of hydrogen-bond donors (Lipinski definition) is 0. The zero-order valence-corrected chi connectivity index (χ0v) is 23.6. The molecule has 6 nitrogen and oxygen atoms in total. The Morgan fingerprint density at radius 1 is 1.11 bits per heavy atom. The summed E-state index contributed by atoms with van der Waals surface area (Å²) in [6.07, 6.45) is 1.54. The van der Waals surface area contributed by atoms with Crippen LogP contribution in [0.1, 0.15) is 76.8 Å². The van der Waals surface area contributed by atoms with Crippen molar-refractivity contribution >= 4 is 23.6 Å². The van der Waals surface area contributed by atoms with Gasteiger partial charge in [-0.05, 0) is 88.1 Å². The average molecular weight is 528 g/mol. The Morgan fingerprint density at radius 2 is 1.78 bits per heavy atom. The minimum Gasteiger partial charge on any atom is -0.497 e. The molecule has 0 spiro atoms. The molecule has 0 N–H and O–H groups in total. The Labute approximate surface area is 225 Å². The number of benzene rings is 2. The molecule has 37 heavy (non-hydrogen) atoms. The summed E-state index contributed by atoms with van der Waals surface area (Å²) in [7, 11) is 3.30. The summed E-state index contributed by atoms with van der Waals surface area (Å²) in [6, 6.07) is 13.5. The molecular formula is C30H38ClNO5. The number of halogens is 1. The van der Waals surface area contributed by atoms with Gasteiger partial charge in [0.15, 0.2) is 0 Å². The maximum atomic E-state index is 14.1. The number of imide groups is 1. The summed E-state index contributed by atoms with van der Waals surface area (Å²) < 4.78 is 17.0. The molecule has 2 aromatic carbocycles. The lowest BCUT2D eigenvalue weighted by Crippen LogP contribution is -2.44. The molecule has 0 radical (unpaired) electrons. The Bertz CT molecular complexity index is 1160. The molecule has 0 aromatic heterocycles. The molecule has 5 atom stereocenters. The number of hydrogen-bond acceptors (Lipinski definition) is 5. The van der Waals surface area contributed by atoms with Crippen molar-refractivity contribution in [3.8, 4) is 11.5 Å². The number of nitrogens with zero attached hydrogens (tertiary/aromatic N) is 1. The fourth-order valence-electron chi connectivity index (χ4n) is 6.67. The molecular weight excluding hydrogens is 490 g/mol. The zero-order valence-electron chi connectivity index (χ0n) is 22.8. The van der Waals surface area contributed by atoms with E-state index in [-0.39, 0.29) is 29.7 Å². The van der Waals surface area contributed by atoms with Gasteiger partial charge in [-0.3, -0.25) is 4.79 Å². The van der Waals surface area contributed by atoms with E-state index in [0.29, 0.717) is 17.9 Å². The van der Waals surface area contributed by atoms with Gasteiger partial charge in [0.2, 0.25) is 5.91 Å². The first-order chi connectivity index (χ1) is 17.5. The van der Waals surface area contributed by atoms with Gasteiger partial charge in [0, 0.05) is 23.0 Å². The largest absolute Gasteiger partial charge is 0.497 e. The number of likely N-dealkylation sites (tertiary alicyclic amines) is 1. The molecule has 1 saturated heterocycles. The van der Waals surface area contributed by atoms with E-state index in [1.807, 2.05) is 52.0 Å². The predicted molar refractivity (Wildman–Crippen MR) is 144 cm³/mol. The van der Waals surface area contributed by atoms with Crippen LogP contribution >= 0.6 is 11.6 Å². The normalized spacial score (nSPS) is 27.6. The summed E-state index contributed by atoms with van der Waals surface area (Å²) in [5.74, 6) is 1.28. The standard InChI is InChI=1S/C30H38ClNO5/c1-8-30-16-15-23(22-14-13-21(35-6)17-24(22)36-7)25(19-9-11-20(31)12-10-19)26(30)18(2)32(27(30)33)28(34)37-29(3,4)5/h9-14,17-18,23,25-26H,8,15-16H2,1-7H3/t18-,23+,25+,26+,30-/m1/s1. The van der Waals surface area contributed by atoms with Gasteiger partial charge in [-0.2, -0.15) is 0 Å². The van der Waals surface area contributed by atoms with Crippen molar-refractivity contribution < 1.29 is 23.8 Å². The third kappa shape index (κ3) is 4.81. The number of amides is 2. The summed E-state index contributed by atoms with van der Waals surface area (Å²) >= 11 is 6.27. The van der Waals surface area contributed by atoms with Gasteiger partial charge in [0.25, 0.3) is 0 Å². The van der Waals surface area contributed by atoms with Crippen LogP contribution in [0.15, 0.2) is 42.5 Å². The van der Waals surface area contributed by atoms with Crippen LogP contribution < -0.4 is 9.47 Å². The van der Waals surface area contributed by atoms with Gasteiger partial charge >= 0.3 is 6.09 Å². The van der Waals surface area contributed by atoms with Crippen LogP contribution in [-0.2, 0) is 9.53 Å². The number of fused-ring (bicyclic) bond motifs is 1. The highest BCUT2D eigenvalue weighted by molar-refractivity contribution is 6.30. The fraction of sp³-hybridized carbons (Fsp3) is 0.533. The minimum atomic E-state index is -0.696. The van der Waals surface area contributed by atoms with Gasteiger partial charge in [0.05, 0.1) is 19.6 Å². The van der Waals surface area contributed by atoms with Crippen LogP contribution in [0.3, 0.4) is 0 Å². The molecule has 0 unspecified atom stereocenters. The highest BCUT2D eigenvalue weighted by Gasteiger charge is 2.64. The molecule has 4 rings (SSSR count). The quantitative estimate of drug-likeness (QED) is 0.411. The van der Waals surface area contributed by atoms with Crippen LogP contribution in [0, 0.1) is 11.3 Å². The maximum Gasteiger partial charge on any atom is 0.417 e. The van der Waals surface area contributed by atoms with Crippen LogP contribution in [0.25, 0.3) is 0 Å². The zero-order chi connectivity index (χ0) is 27.1. The molecule has 7 heteroatoms. The van der Waals surface area contributed by atoms with Crippen LogP contribution in [-0.4, -0.2) is 42.8 Å².